The Bertz CT molecular complexity index is 1000. The van der Waals surface area contributed by atoms with E-state index < -0.39 is 12.1 Å². The third kappa shape index (κ3) is 5.28. The number of rotatable bonds is 7. The molecule has 0 fully saturated rings. The molecule has 2 unspecified atom stereocenters. The van der Waals surface area contributed by atoms with E-state index in [9.17, 15) is 9.18 Å². The fourth-order valence-electron chi connectivity index (χ4n) is 3.37. The predicted octanol–water partition coefficient (Wildman–Crippen LogP) is 2.41. The summed E-state index contributed by atoms with van der Waals surface area (Å²) in [5.41, 5.74) is 8.73. The minimum absolute atomic E-state index is 0.119. The maximum atomic E-state index is 13.5. The Kier molecular flexibility index (Phi) is 7.39. The van der Waals surface area contributed by atoms with Gasteiger partial charge in [-0.05, 0) is 24.6 Å². The standard InChI is InChI=1S/C20H23BrFN5O4/c1-10-17-15(26-20(23)24-10)9-14(12-5-4-11(22)8-13(12)21)25-18(17)27-31-7-6-16(29-2)19(28)30-3/h4-5,8,14,16H,6-7,9H2,1-3H3,(H,25,27)(H2,23,24,26). The van der Waals surface area contributed by atoms with Crippen molar-refractivity contribution in [1.29, 1.82) is 0 Å². The van der Waals surface area contributed by atoms with E-state index in [-0.39, 0.29) is 30.8 Å². The van der Waals surface area contributed by atoms with Crippen molar-refractivity contribution in [2.45, 2.75) is 31.9 Å². The van der Waals surface area contributed by atoms with Crippen LogP contribution in [0, 0.1) is 12.7 Å². The largest absolute Gasteiger partial charge is 0.467 e. The molecule has 0 aliphatic carbocycles. The van der Waals surface area contributed by atoms with Crippen LogP contribution in [0.1, 0.15) is 35.0 Å². The van der Waals surface area contributed by atoms with Gasteiger partial charge in [0.15, 0.2) is 11.9 Å². The number of hydrogen-bond acceptors (Lipinski definition) is 8. The van der Waals surface area contributed by atoms with Crippen molar-refractivity contribution in [1.82, 2.24) is 15.3 Å². The summed E-state index contributed by atoms with van der Waals surface area (Å²) in [6, 6.07) is 4.23. The molecular weight excluding hydrogens is 473 g/mol. The van der Waals surface area contributed by atoms with Gasteiger partial charge in [0.05, 0.1) is 30.1 Å². The van der Waals surface area contributed by atoms with E-state index in [1.165, 1.54) is 26.4 Å². The van der Waals surface area contributed by atoms with Crippen LogP contribution in [0.25, 0.3) is 0 Å². The van der Waals surface area contributed by atoms with Crippen LogP contribution in [-0.2, 0) is 25.5 Å². The molecule has 3 rings (SSSR count). The van der Waals surface area contributed by atoms with Crippen molar-refractivity contribution in [3.05, 3.63) is 51.0 Å². The highest BCUT2D eigenvalue weighted by molar-refractivity contribution is 9.10. The number of ether oxygens (including phenoxy) is 2. The van der Waals surface area contributed by atoms with E-state index in [2.05, 4.69) is 41.1 Å². The van der Waals surface area contributed by atoms with Crippen molar-refractivity contribution in [3.8, 4) is 0 Å². The number of hydrogen-bond donors (Lipinski definition) is 2. The van der Waals surface area contributed by atoms with Crippen molar-refractivity contribution >= 4 is 33.7 Å². The van der Waals surface area contributed by atoms with Crippen LogP contribution >= 0.6 is 15.9 Å². The van der Waals surface area contributed by atoms with E-state index in [0.29, 0.717) is 33.7 Å². The zero-order valence-corrected chi connectivity index (χ0v) is 18.9. The molecule has 2 aromatic rings. The summed E-state index contributed by atoms with van der Waals surface area (Å²) in [6.45, 7) is 1.92. The number of halogens is 2. The second-order valence-corrected chi connectivity index (χ2v) is 7.72. The number of aromatic nitrogens is 2. The Labute approximate surface area is 187 Å². The molecule has 1 aliphatic rings. The number of nitrogens with one attached hydrogen (secondary N) is 1. The van der Waals surface area contributed by atoms with Gasteiger partial charge in [-0.25, -0.2) is 19.2 Å². The summed E-state index contributed by atoms with van der Waals surface area (Å²) in [7, 11) is 2.71. The first-order valence-electron chi connectivity index (χ1n) is 9.49. The molecule has 1 aliphatic heterocycles. The maximum Gasteiger partial charge on any atom is 0.335 e. The summed E-state index contributed by atoms with van der Waals surface area (Å²) in [6.07, 6.45) is 0.0154. The number of amidine groups is 1. The number of nitrogen functional groups attached to an aromatic ring is 1. The van der Waals surface area contributed by atoms with Gasteiger partial charge in [0.2, 0.25) is 5.95 Å². The molecule has 31 heavy (non-hydrogen) atoms. The quantitative estimate of drug-likeness (QED) is 0.341. The zero-order chi connectivity index (χ0) is 22.5. The second-order valence-electron chi connectivity index (χ2n) is 6.87. The smallest absolute Gasteiger partial charge is 0.335 e. The second kappa shape index (κ2) is 10.0. The first-order chi connectivity index (χ1) is 14.8. The van der Waals surface area contributed by atoms with Crippen LogP contribution in [0.2, 0.25) is 0 Å². The Balaban J connectivity index is 1.85. The number of fused-ring (bicyclic) bond motifs is 1. The molecule has 0 bridgehead atoms. The van der Waals surface area contributed by atoms with Crippen molar-refractivity contribution in [2.75, 3.05) is 26.6 Å². The summed E-state index contributed by atoms with van der Waals surface area (Å²) in [4.78, 5) is 25.7. The summed E-state index contributed by atoms with van der Waals surface area (Å²) in [5, 5.41) is 7.53. The number of nitrogens with two attached hydrogens (primary N) is 1. The number of methoxy groups -OCH3 is 2. The maximum absolute atomic E-state index is 13.5. The van der Waals surface area contributed by atoms with Crippen LogP contribution in [0.15, 0.2) is 27.8 Å². The molecule has 0 amide bonds. The molecule has 2 atom stereocenters. The average Bonchev–Trinajstić information content (AvgIpc) is 2.72. The Morgan fingerprint density at radius 3 is 2.87 bits per heavy atom. The van der Waals surface area contributed by atoms with Gasteiger partial charge in [0.25, 0.3) is 0 Å². The molecule has 166 valence electrons. The molecule has 9 nitrogen and oxygen atoms in total. The lowest BCUT2D eigenvalue weighted by Gasteiger charge is -2.29. The fraction of sp³-hybridized carbons (Fsp3) is 0.400. The van der Waals surface area contributed by atoms with Crippen LogP contribution in [0.4, 0.5) is 10.3 Å². The summed E-state index contributed by atoms with van der Waals surface area (Å²) in [5.74, 6) is -0.242. The Hall–Kier alpha value is -2.79. The van der Waals surface area contributed by atoms with E-state index in [0.717, 1.165) is 5.56 Å². The molecule has 0 saturated heterocycles. The monoisotopic (exact) mass is 495 g/mol. The number of oxime groups is 1. The average molecular weight is 496 g/mol. The van der Waals surface area contributed by atoms with Crippen LogP contribution in [0.3, 0.4) is 0 Å². The lowest BCUT2D eigenvalue weighted by Crippen LogP contribution is -2.38. The van der Waals surface area contributed by atoms with Gasteiger partial charge in [-0.1, -0.05) is 27.2 Å². The topological polar surface area (TPSA) is 121 Å². The van der Waals surface area contributed by atoms with Gasteiger partial charge < -0.3 is 25.4 Å². The molecular formula is C20H23BrFN5O4. The number of esters is 1. The van der Waals surface area contributed by atoms with E-state index in [1.807, 2.05) is 0 Å². The predicted molar refractivity (Wildman–Crippen MR) is 115 cm³/mol. The molecule has 0 spiro atoms. The number of carbonyl (C=O) groups is 1. The molecule has 0 saturated carbocycles. The fourth-order valence-corrected chi connectivity index (χ4v) is 4.00. The van der Waals surface area contributed by atoms with E-state index >= 15 is 0 Å². The summed E-state index contributed by atoms with van der Waals surface area (Å²) < 4.78 is 23.9. The Morgan fingerprint density at radius 2 is 2.19 bits per heavy atom. The molecule has 1 aromatic carbocycles. The molecule has 0 radical (unpaired) electrons. The normalized spacial score (nSPS) is 17.6. The van der Waals surface area contributed by atoms with Gasteiger partial charge in [-0.2, -0.15) is 0 Å². The highest BCUT2D eigenvalue weighted by Gasteiger charge is 2.29. The van der Waals surface area contributed by atoms with Crippen molar-refractivity contribution < 1.29 is 23.5 Å². The first kappa shape index (κ1) is 22.9. The SMILES string of the molecule is COC(=O)C(CCON=C1NC(c2ccc(F)cc2Br)Cc2nc(N)nc(C)c21)OC. The highest BCUT2D eigenvalue weighted by atomic mass is 79.9. The van der Waals surface area contributed by atoms with Gasteiger partial charge in [-0.3, -0.25) is 0 Å². The third-order valence-electron chi connectivity index (χ3n) is 4.84. The van der Waals surface area contributed by atoms with E-state index in [1.54, 1.807) is 13.0 Å². The van der Waals surface area contributed by atoms with Gasteiger partial charge in [0.1, 0.15) is 12.4 Å². The number of aryl methyl sites for hydroxylation is 1. The van der Waals surface area contributed by atoms with Crippen LogP contribution < -0.4 is 11.1 Å². The van der Waals surface area contributed by atoms with Crippen LogP contribution in [0.5, 0.6) is 0 Å². The van der Waals surface area contributed by atoms with Gasteiger partial charge in [-0.15, -0.1) is 0 Å². The Morgan fingerprint density at radius 1 is 1.42 bits per heavy atom. The summed E-state index contributed by atoms with van der Waals surface area (Å²) >= 11 is 3.41. The lowest BCUT2D eigenvalue weighted by molar-refractivity contribution is -0.153. The number of carbonyl (C=O) groups excluding carboxylic acids is 1. The number of benzene rings is 1. The molecule has 1 aromatic heterocycles. The number of nitrogens with zero attached hydrogens (tertiary/aromatic N) is 3. The zero-order valence-electron chi connectivity index (χ0n) is 17.3. The van der Waals surface area contributed by atoms with Gasteiger partial charge in [0, 0.05) is 24.4 Å². The van der Waals surface area contributed by atoms with Crippen molar-refractivity contribution in [3.63, 3.8) is 0 Å². The molecule has 3 N–H and O–H groups in total. The number of anilines is 1. The third-order valence-corrected chi connectivity index (χ3v) is 5.53. The minimum atomic E-state index is -0.746. The minimum Gasteiger partial charge on any atom is -0.467 e. The van der Waals surface area contributed by atoms with Crippen molar-refractivity contribution in [2.24, 2.45) is 5.16 Å². The first-order valence-corrected chi connectivity index (χ1v) is 10.3. The van der Waals surface area contributed by atoms with Crippen LogP contribution in [-0.4, -0.2) is 48.7 Å². The van der Waals surface area contributed by atoms with Gasteiger partial charge >= 0.3 is 5.97 Å². The van der Waals surface area contributed by atoms with E-state index in [4.69, 9.17) is 15.3 Å². The highest BCUT2D eigenvalue weighted by Crippen LogP contribution is 2.31. The molecule has 11 heteroatoms. The lowest BCUT2D eigenvalue weighted by atomic mass is 9.94. The molecule has 2 heterocycles.